The topological polar surface area (TPSA) is 88.5 Å². The number of fused-ring (bicyclic) bond motifs is 1. The molecule has 1 aliphatic heterocycles. The average molecular weight is 493 g/mol. The molecule has 2 rings (SSSR count). The molecule has 1 aromatic rings. The molecule has 1 aromatic carbocycles. The number of carboxylic acid groups (broad SMARTS) is 1. The fraction of sp³-hybridized carbons (Fsp3) is 0.650. The Hall–Kier alpha value is -1.03. The lowest BCUT2D eigenvalue weighted by molar-refractivity contribution is 0.138. The van der Waals surface area contributed by atoms with Crippen molar-refractivity contribution in [1.82, 2.24) is 4.08 Å². The molecule has 0 radical (unpaired) electrons. The van der Waals surface area contributed by atoms with Crippen LogP contribution in [0.4, 0.5) is 10.5 Å². The smallest absolute Gasteiger partial charge is 0.412 e. The molecule has 1 aliphatic rings. The van der Waals surface area contributed by atoms with Gasteiger partial charge in [0, 0.05) is 18.5 Å². The fourth-order valence-corrected chi connectivity index (χ4v) is 8.73. The molecular weight excluding hydrogens is 459 g/mol. The largest absolute Gasteiger partial charge is 0.485 e. The maximum absolute atomic E-state index is 13.5. The number of hydrogen-bond acceptors (Lipinski definition) is 6. The van der Waals surface area contributed by atoms with Crippen molar-refractivity contribution >= 4 is 41.2 Å². The van der Waals surface area contributed by atoms with Gasteiger partial charge in [0.15, 0.2) is 0 Å². The molecule has 0 saturated carbocycles. The van der Waals surface area contributed by atoms with Crippen molar-refractivity contribution < 1.29 is 27.9 Å². The van der Waals surface area contributed by atoms with Crippen molar-refractivity contribution in [2.24, 2.45) is 5.92 Å². The van der Waals surface area contributed by atoms with Crippen molar-refractivity contribution in [1.29, 1.82) is 0 Å². The van der Waals surface area contributed by atoms with Crippen molar-refractivity contribution in [3.63, 3.8) is 0 Å². The van der Waals surface area contributed by atoms with Gasteiger partial charge in [-0.05, 0) is 51.5 Å². The van der Waals surface area contributed by atoms with E-state index in [-0.39, 0.29) is 11.8 Å². The minimum absolute atomic E-state index is 0.121. The van der Waals surface area contributed by atoms with Gasteiger partial charge in [-0.2, -0.15) is 0 Å². The highest BCUT2D eigenvalue weighted by Gasteiger charge is 2.37. The highest BCUT2D eigenvalue weighted by atomic mass is 32.5. The second kappa shape index (κ2) is 10.7. The molecule has 8 nitrogen and oxygen atoms in total. The van der Waals surface area contributed by atoms with Crippen molar-refractivity contribution in [2.75, 3.05) is 30.5 Å². The van der Waals surface area contributed by atoms with Crippen molar-refractivity contribution in [2.45, 2.75) is 53.6 Å². The molecule has 0 spiro atoms. The maximum atomic E-state index is 13.5. The Morgan fingerprint density at radius 1 is 1.32 bits per heavy atom. The lowest BCUT2D eigenvalue weighted by atomic mass is 10.0. The van der Waals surface area contributed by atoms with Crippen LogP contribution in [0.1, 0.15) is 47.1 Å². The quantitative estimate of drug-likeness (QED) is 0.446. The zero-order valence-corrected chi connectivity index (χ0v) is 21.5. The van der Waals surface area contributed by atoms with Crippen LogP contribution in [0, 0.1) is 5.92 Å². The van der Waals surface area contributed by atoms with Gasteiger partial charge in [0.05, 0.1) is 18.9 Å². The van der Waals surface area contributed by atoms with E-state index < -0.39 is 29.3 Å². The second-order valence-electron chi connectivity index (χ2n) is 8.20. The first-order chi connectivity index (χ1) is 14.4. The van der Waals surface area contributed by atoms with Crippen LogP contribution < -0.4 is 9.64 Å². The molecule has 1 N–H and O–H groups in total. The summed E-state index contributed by atoms with van der Waals surface area (Å²) in [5.74, 6) is 0.327. The lowest BCUT2D eigenvalue weighted by Crippen LogP contribution is -2.39. The molecule has 1 unspecified atom stereocenters. The zero-order chi connectivity index (χ0) is 23.4. The zero-order valence-electron chi connectivity index (χ0n) is 19.0. The van der Waals surface area contributed by atoms with Gasteiger partial charge >= 0.3 is 6.09 Å². The van der Waals surface area contributed by atoms with Gasteiger partial charge in [0.2, 0.25) is 0 Å². The normalized spacial score (nSPS) is 16.3. The number of carbonyl (C=O) groups is 1. The second-order valence-corrected chi connectivity index (χ2v) is 13.1. The van der Waals surface area contributed by atoms with Crippen molar-refractivity contribution in [3.05, 3.63) is 23.8 Å². The number of nitrogens with zero attached hydrogens (tertiary/aromatic N) is 2. The molecule has 0 fully saturated rings. The van der Waals surface area contributed by atoms with Gasteiger partial charge in [-0.15, -0.1) is 4.08 Å². The van der Waals surface area contributed by atoms with Gasteiger partial charge in [-0.25, -0.2) is 9.00 Å². The monoisotopic (exact) mass is 492 g/mol. The Bertz CT molecular complexity index is 854. The highest BCUT2D eigenvalue weighted by Crippen LogP contribution is 2.54. The van der Waals surface area contributed by atoms with Gasteiger partial charge in [-0.3, -0.25) is 4.90 Å². The first kappa shape index (κ1) is 26.2. The SMILES string of the molecule is CCOP(=S)(OCC)N(CC(C)C)S(=O)CN(C(=O)O)c1cccc2c1OC(C)(C)C2. The summed E-state index contributed by atoms with van der Waals surface area (Å²) in [6.07, 6.45) is -0.553. The molecule has 0 aliphatic carbocycles. The molecule has 1 heterocycles. The summed E-state index contributed by atoms with van der Waals surface area (Å²) >= 11 is 5.67. The third-order valence-corrected chi connectivity index (χ3v) is 10.1. The van der Waals surface area contributed by atoms with Crippen LogP contribution in [-0.2, 0) is 38.3 Å². The van der Waals surface area contributed by atoms with Gasteiger partial charge in [0.1, 0.15) is 28.2 Å². The average Bonchev–Trinajstić information content (AvgIpc) is 2.98. The Kier molecular flexibility index (Phi) is 9.07. The van der Waals surface area contributed by atoms with Gasteiger partial charge < -0.3 is 18.9 Å². The van der Waals surface area contributed by atoms with E-state index in [2.05, 4.69) is 0 Å². The molecule has 31 heavy (non-hydrogen) atoms. The number of anilines is 1. The minimum atomic E-state index is -3.04. The van der Waals surface area contributed by atoms with Crippen molar-refractivity contribution in [3.8, 4) is 5.75 Å². The van der Waals surface area contributed by atoms with E-state index in [0.29, 0.717) is 37.6 Å². The fourth-order valence-electron chi connectivity index (χ4n) is 3.32. The summed E-state index contributed by atoms with van der Waals surface area (Å²) in [7, 11) is -1.80. The molecular formula is C20H33N2O6PS2. The maximum Gasteiger partial charge on any atom is 0.412 e. The molecule has 1 amide bonds. The Balaban J connectivity index is 2.40. The lowest BCUT2D eigenvalue weighted by Gasteiger charge is -2.34. The first-order valence-corrected chi connectivity index (χ1v) is 14.2. The Morgan fingerprint density at radius 2 is 1.94 bits per heavy atom. The van der Waals surface area contributed by atoms with Crippen LogP contribution in [0.5, 0.6) is 5.75 Å². The number of hydrogen-bond donors (Lipinski definition) is 1. The van der Waals surface area contributed by atoms with E-state index in [1.807, 2.05) is 33.8 Å². The summed E-state index contributed by atoms with van der Waals surface area (Å²) in [5, 5.41) is 9.95. The summed E-state index contributed by atoms with van der Waals surface area (Å²) in [5.41, 5.74) is 0.860. The number of rotatable bonds is 11. The van der Waals surface area contributed by atoms with E-state index in [0.717, 1.165) is 10.5 Å². The number of benzene rings is 1. The summed E-state index contributed by atoms with van der Waals surface area (Å²) < 4.78 is 32.5. The van der Waals surface area contributed by atoms with Crippen LogP contribution in [0.25, 0.3) is 0 Å². The van der Waals surface area contributed by atoms with E-state index in [1.165, 1.54) is 4.08 Å². The van der Waals surface area contributed by atoms with E-state index in [1.54, 1.807) is 26.0 Å². The Morgan fingerprint density at radius 3 is 2.45 bits per heavy atom. The summed E-state index contributed by atoms with van der Waals surface area (Å²) in [6, 6.07) is 5.37. The predicted molar refractivity (Wildman–Crippen MR) is 127 cm³/mol. The third-order valence-electron chi connectivity index (χ3n) is 4.45. The highest BCUT2D eigenvalue weighted by molar-refractivity contribution is 8.12. The van der Waals surface area contributed by atoms with Gasteiger partial charge in [0.25, 0.3) is 6.64 Å². The van der Waals surface area contributed by atoms with Crippen LogP contribution in [0.3, 0.4) is 0 Å². The Labute approximate surface area is 192 Å². The summed E-state index contributed by atoms with van der Waals surface area (Å²) in [6.45, 7) is 9.36. The van der Waals surface area contributed by atoms with Crippen LogP contribution >= 0.6 is 6.64 Å². The van der Waals surface area contributed by atoms with Crippen LogP contribution in [0.2, 0.25) is 0 Å². The van der Waals surface area contributed by atoms with Gasteiger partial charge in [-0.1, -0.05) is 26.0 Å². The third kappa shape index (κ3) is 6.49. The number of amides is 1. The molecule has 0 saturated heterocycles. The number of para-hydroxylation sites is 1. The molecule has 0 bridgehead atoms. The molecule has 0 aromatic heterocycles. The predicted octanol–water partition coefficient (Wildman–Crippen LogP) is 4.76. The van der Waals surface area contributed by atoms with E-state index in [9.17, 15) is 14.1 Å². The molecule has 176 valence electrons. The molecule has 11 heteroatoms. The molecule has 1 atom stereocenters. The van der Waals surface area contributed by atoms with Crippen LogP contribution in [0.15, 0.2) is 18.2 Å². The standard InChI is InChI=1S/C20H33N2O6PS2/c1-7-26-29(30,27-8-2)22(13-15(3)4)31(25)14-21(19(23)24)17-11-9-10-16-12-20(5,6)28-18(16)17/h9-11,15H,7-8,12-14H2,1-6H3,(H,23,24). The van der Waals surface area contributed by atoms with E-state index >= 15 is 0 Å². The van der Waals surface area contributed by atoms with Crippen LogP contribution in [-0.4, -0.2) is 50.7 Å². The summed E-state index contributed by atoms with van der Waals surface area (Å²) in [4.78, 5) is 13.2. The minimum Gasteiger partial charge on any atom is -0.485 e. The van der Waals surface area contributed by atoms with E-state index in [4.69, 9.17) is 25.6 Å². The first-order valence-electron chi connectivity index (χ1n) is 10.3. The number of ether oxygens (including phenoxy) is 1.